The van der Waals surface area contributed by atoms with Crippen molar-refractivity contribution in [3.63, 3.8) is 0 Å². The van der Waals surface area contributed by atoms with Gasteiger partial charge in [-0.05, 0) is 31.2 Å². The van der Waals surface area contributed by atoms with Gasteiger partial charge in [0.2, 0.25) is 0 Å². The van der Waals surface area contributed by atoms with Gasteiger partial charge in [-0.25, -0.2) is 0 Å². The molecule has 3 nitrogen and oxygen atoms in total. The Bertz CT molecular complexity index is 620. The zero-order chi connectivity index (χ0) is 14.9. The fourth-order valence-electron chi connectivity index (χ4n) is 1.87. The number of aryl methyl sites for hydroxylation is 2. The lowest BCUT2D eigenvalue weighted by atomic mass is 10.2. The largest absolute Gasteiger partial charge is 0.417 e. The number of hydrogen-bond donors (Lipinski definition) is 1. The van der Waals surface area contributed by atoms with E-state index in [1.165, 1.54) is 6.07 Å². The second-order valence-electron chi connectivity index (χ2n) is 4.45. The smallest absolute Gasteiger partial charge is 0.379 e. The van der Waals surface area contributed by atoms with Crippen molar-refractivity contribution in [2.75, 3.05) is 5.32 Å². The van der Waals surface area contributed by atoms with Crippen molar-refractivity contribution in [3.8, 4) is 0 Å². The number of rotatable bonds is 3. The summed E-state index contributed by atoms with van der Waals surface area (Å²) in [4.78, 5) is 0. The Labute approximate surface area is 122 Å². The zero-order valence-electron chi connectivity index (χ0n) is 10.9. The van der Waals surface area contributed by atoms with Gasteiger partial charge in [0.15, 0.2) is 0 Å². The van der Waals surface area contributed by atoms with Crippen LogP contribution >= 0.6 is 15.9 Å². The minimum atomic E-state index is -4.38. The van der Waals surface area contributed by atoms with Crippen LogP contribution < -0.4 is 5.32 Å². The van der Waals surface area contributed by atoms with Gasteiger partial charge < -0.3 is 5.32 Å². The first-order valence-corrected chi connectivity index (χ1v) is 6.67. The quantitative estimate of drug-likeness (QED) is 0.904. The highest BCUT2D eigenvalue weighted by atomic mass is 79.9. The van der Waals surface area contributed by atoms with Crippen LogP contribution in [0, 0.1) is 6.92 Å². The van der Waals surface area contributed by atoms with E-state index in [1.54, 1.807) is 17.8 Å². The molecule has 0 fully saturated rings. The second-order valence-corrected chi connectivity index (χ2v) is 5.30. The molecule has 1 aromatic heterocycles. The fraction of sp³-hybridized carbons (Fsp3) is 0.308. The molecule has 0 bridgehead atoms. The van der Waals surface area contributed by atoms with Gasteiger partial charge in [-0.2, -0.15) is 18.3 Å². The van der Waals surface area contributed by atoms with Crippen LogP contribution in [0.4, 0.5) is 18.9 Å². The lowest BCUT2D eigenvalue weighted by Gasteiger charge is -2.12. The van der Waals surface area contributed by atoms with Crippen molar-refractivity contribution < 1.29 is 13.2 Å². The maximum absolute atomic E-state index is 12.8. The summed E-state index contributed by atoms with van der Waals surface area (Å²) in [6, 6.07) is 5.96. The molecule has 2 rings (SSSR count). The SMILES string of the molecule is Cc1cc(CNc2ccc(Br)c(C(F)(F)F)c2)n(C)n1. The summed E-state index contributed by atoms with van der Waals surface area (Å²) in [5.41, 5.74) is 1.50. The standard InChI is InChI=1S/C13H13BrF3N3/c1-8-5-10(20(2)19-8)7-18-9-3-4-12(14)11(6-9)13(15,16)17/h3-6,18H,7H2,1-2H3. The first-order valence-electron chi connectivity index (χ1n) is 5.87. The molecule has 0 radical (unpaired) electrons. The van der Waals surface area contributed by atoms with Crippen LogP contribution in [0.3, 0.4) is 0 Å². The Morgan fingerprint density at radius 1 is 1.30 bits per heavy atom. The van der Waals surface area contributed by atoms with Gasteiger partial charge in [0.25, 0.3) is 0 Å². The van der Waals surface area contributed by atoms with E-state index in [0.29, 0.717) is 12.2 Å². The molecule has 0 atom stereocenters. The number of nitrogens with zero attached hydrogens (tertiary/aromatic N) is 2. The van der Waals surface area contributed by atoms with Crippen molar-refractivity contribution in [2.45, 2.75) is 19.6 Å². The number of anilines is 1. The highest BCUT2D eigenvalue weighted by molar-refractivity contribution is 9.10. The van der Waals surface area contributed by atoms with Gasteiger partial charge in [-0.3, -0.25) is 4.68 Å². The maximum Gasteiger partial charge on any atom is 0.417 e. The highest BCUT2D eigenvalue weighted by Gasteiger charge is 2.33. The average Bonchev–Trinajstić information content (AvgIpc) is 2.65. The Kier molecular flexibility index (Phi) is 4.08. The summed E-state index contributed by atoms with van der Waals surface area (Å²) in [5.74, 6) is 0. The molecule has 7 heteroatoms. The van der Waals surface area contributed by atoms with Crippen LogP contribution in [0.2, 0.25) is 0 Å². The van der Waals surface area contributed by atoms with Gasteiger partial charge in [-0.15, -0.1) is 0 Å². The van der Waals surface area contributed by atoms with E-state index in [0.717, 1.165) is 17.5 Å². The van der Waals surface area contributed by atoms with E-state index in [4.69, 9.17) is 0 Å². The summed E-state index contributed by atoms with van der Waals surface area (Å²) in [7, 11) is 1.80. The molecule has 0 aliphatic carbocycles. The molecular weight excluding hydrogens is 335 g/mol. The second kappa shape index (κ2) is 5.47. The third-order valence-corrected chi connectivity index (χ3v) is 3.54. The number of aromatic nitrogens is 2. The number of halogens is 4. The van der Waals surface area contributed by atoms with E-state index >= 15 is 0 Å². The molecule has 0 unspecified atom stereocenters. The van der Waals surface area contributed by atoms with Crippen molar-refractivity contribution in [1.29, 1.82) is 0 Å². The number of hydrogen-bond acceptors (Lipinski definition) is 2. The number of alkyl halides is 3. The van der Waals surface area contributed by atoms with E-state index in [9.17, 15) is 13.2 Å². The van der Waals surface area contributed by atoms with Crippen LogP contribution in [0.1, 0.15) is 17.0 Å². The minimum absolute atomic E-state index is 0.0342. The van der Waals surface area contributed by atoms with Crippen molar-refractivity contribution in [1.82, 2.24) is 9.78 Å². The van der Waals surface area contributed by atoms with E-state index < -0.39 is 11.7 Å². The van der Waals surface area contributed by atoms with Gasteiger partial charge in [0.05, 0.1) is 23.5 Å². The third kappa shape index (κ3) is 3.33. The van der Waals surface area contributed by atoms with E-state index in [1.807, 2.05) is 13.0 Å². The summed E-state index contributed by atoms with van der Waals surface area (Å²) in [6.07, 6.45) is -4.38. The predicted molar refractivity (Wildman–Crippen MR) is 74.4 cm³/mol. The van der Waals surface area contributed by atoms with Crippen LogP contribution in [0.25, 0.3) is 0 Å². The van der Waals surface area contributed by atoms with Crippen LogP contribution in [0.15, 0.2) is 28.7 Å². The molecule has 1 aromatic carbocycles. The summed E-state index contributed by atoms with van der Waals surface area (Å²) < 4.78 is 40.1. The van der Waals surface area contributed by atoms with Gasteiger partial charge in [0, 0.05) is 17.2 Å². The highest BCUT2D eigenvalue weighted by Crippen LogP contribution is 2.36. The molecule has 20 heavy (non-hydrogen) atoms. The Balaban J connectivity index is 2.16. The van der Waals surface area contributed by atoms with Crippen molar-refractivity contribution in [2.24, 2.45) is 7.05 Å². The Hall–Kier alpha value is -1.50. The molecule has 0 amide bonds. The van der Waals surface area contributed by atoms with Crippen LogP contribution in [0.5, 0.6) is 0 Å². The molecule has 0 saturated heterocycles. The first-order chi connectivity index (χ1) is 9.27. The predicted octanol–water partition coefficient (Wildman–Crippen LogP) is 4.12. The topological polar surface area (TPSA) is 29.9 Å². The molecule has 1 heterocycles. The van der Waals surface area contributed by atoms with E-state index in [2.05, 4.69) is 26.3 Å². The molecule has 1 N–H and O–H groups in total. The fourth-order valence-corrected chi connectivity index (χ4v) is 2.35. The Morgan fingerprint density at radius 3 is 2.55 bits per heavy atom. The lowest BCUT2D eigenvalue weighted by molar-refractivity contribution is -0.138. The molecule has 0 aliphatic rings. The van der Waals surface area contributed by atoms with Gasteiger partial charge in [0.1, 0.15) is 0 Å². The minimum Gasteiger partial charge on any atom is -0.379 e. The normalized spacial score (nSPS) is 11.7. The monoisotopic (exact) mass is 347 g/mol. The van der Waals surface area contributed by atoms with Gasteiger partial charge >= 0.3 is 6.18 Å². The molecule has 0 saturated carbocycles. The van der Waals surface area contributed by atoms with Crippen molar-refractivity contribution in [3.05, 3.63) is 45.7 Å². The molecule has 0 aliphatic heterocycles. The average molecular weight is 348 g/mol. The Morgan fingerprint density at radius 2 is 2.00 bits per heavy atom. The number of benzene rings is 1. The number of nitrogens with one attached hydrogen (secondary N) is 1. The summed E-state index contributed by atoms with van der Waals surface area (Å²) >= 11 is 2.92. The molecule has 2 aromatic rings. The summed E-state index contributed by atoms with van der Waals surface area (Å²) in [5, 5.41) is 7.16. The molecule has 0 spiro atoms. The third-order valence-electron chi connectivity index (χ3n) is 2.84. The van der Waals surface area contributed by atoms with Crippen LogP contribution in [-0.2, 0) is 19.8 Å². The molecule has 108 valence electrons. The van der Waals surface area contributed by atoms with Gasteiger partial charge in [-0.1, -0.05) is 15.9 Å². The summed E-state index contributed by atoms with van der Waals surface area (Å²) in [6.45, 7) is 2.28. The maximum atomic E-state index is 12.8. The van der Waals surface area contributed by atoms with E-state index in [-0.39, 0.29) is 4.47 Å². The zero-order valence-corrected chi connectivity index (χ0v) is 12.5. The lowest BCUT2D eigenvalue weighted by Crippen LogP contribution is -2.09. The van der Waals surface area contributed by atoms with Crippen LogP contribution in [-0.4, -0.2) is 9.78 Å². The first kappa shape index (κ1) is 14.9. The molecular formula is C13H13BrF3N3. The van der Waals surface area contributed by atoms with Crippen molar-refractivity contribution >= 4 is 21.6 Å².